The number of carbonyl (C=O) groups is 1. The summed E-state index contributed by atoms with van der Waals surface area (Å²) in [6, 6.07) is 15.0. The van der Waals surface area contributed by atoms with Gasteiger partial charge in [-0.2, -0.15) is 0 Å². The normalized spacial score (nSPS) is 12.9. The molecule has 96 valence electrons. The van der Waals surface area contributed by atoms with Crippen molar-refractivity contribution in [3.8, 4) is 5.75 Å². The summed E-state index contributed by atoms with van der Waals surface area (Å²) < 4.78 is 20.7. The number of anilines is 1. The van der Waals surface area contributed by atoms with E-state index in [1.54, 1.807) is 55.6 Å². The molecule has 19 heavy (non-hydrogen) atoms. The maximum Gasteiger partial charge on any atom is 0.248 e. The summed E-state index contributed by atoms with van der Waals surface area (Å²) in [5, 5.41) is 2.58. The fourth-order valence-electron chi connectivity index (χ4n) is 1.49. The van der Waals surface area contributed by atoms with Gasteiger partial charge < -0.3 is 10.1 Å². The molecular formula is C16H15NO2. The Hall–Kier alpha value is -2.55. The van der Waals surface area contributed by atoms with E-state index in [1.807, 2.05) is 6.07 Å². The number of hydrogen-bond acceptors (Lipinski definition) is 2. The van der Waals surface area contributed by atoms with Crippen molar-refractivity contribution in [2.24, 2.45) is 0 Å². The van der Waals surface area contributed by atoms with E-state index in [0.29, 0.717) is 17.0 Å². The highest BCUT2D eigenvalue weighted by Gasteiger charge is 1.98. The first-order valence-electron chi connectivity index (χ1n) is 6.80. The lowest BCUT2D eigenvalue weighted by Crippen LogP contribution is -2.07. The quantitative estimate of drug-likeness (QED) is 0.851. The smallest absolute Gasteiger partial charge is 0.248 e. The van der Waals surface area contributed by atoms with Crippen molar-refractivity contribution in [3.63, 3.8) is 0 Å². The first kappa shape index (κ1) is 10.4. The number of methoxy groups -OCH3 is 1. The van der Waals surface area contributed by atoms with Crippen molar-refractivity contribution in [1.82, 2.24) is 0 Å². The number of hydrogen-bond donors (Lipinski definition) is 1. The van der Waals surface area contributed by atoms with E-state index >= 15 is 0 Å². The third kappa shape index (κ3) is 4.00. The molecule has 2 aromatic rings. The molecule has 1 amide bonds. The van der Waals surface area contributed by atoms with E-state index in [-0.39, 0.29) is 12.1 Å². The van der Waals surface area contributed by atoms with Gasteiger partial charge >= 0.3 is 0 Å². The topological polar surface area (TPSA) is 38.3 Å². The van der Waals surface area contributed by atoms with Crippen LogP contribution in [0.5, 0.6) is 5.75 Å². The number of carbonyl (C=O) groups excluding carboxylic acids is 1. The summed E-state index contributed by atoms with van der Waals surface area (Å²) in [7, 11) is 1.56. The fourth-order valence-corrected chi connectivity index (χ4v) is 1.49. The second-order valence-electron chi connectivity index (χ2n) is 3.80. The van der Waals surface area contributed by atoms with Gasteiger partial charge in [-0.3, -0.25) is 4.79 Å². The minimum Gasteiger partial charge on any atom is -0.497 e. The maximum absolute atomic E-state index is 12.0. The van der Waals surface area contributed by atoms with E-state index in [9.17, 15) is 4.79 Å². The van der Waals surface area contributed by atoms with Crippen LogP contribution in [0.1, 0.15) is 8.30 Å². The standard InChI is InChI=1S/C16H15NO2/c1-19-15-10-8-14(9-11-15)17-16(18)12-7-13-5-3-2-4-6-13/h2-12H,1H3,(H,17,18)/b12-7+/i7D,12D. The lowest BCUT2D eigenvalue weighted by atomic mass is 10.2. The van der Waals surface area contributed by atoms with Gasteiger partial charge in [0.2, 0.25) is 5.91 Å². The summed E-state index contributed by atoms with van der Waals surface area (Å²) in [4.78, 5) is 12.0. The number of rotatable bonds is 4. The predicted octanol–water partition coefficient (Wildman–Crippen LogP) is 3.35. The zero-order valence-electron chi connectivity index (χ0n) is 12.5. The number of benzene rings is 2. The molecule has 0 aliphatic rings. The van der Waals surface area contributed by atoms with Gasteiger partial charge in [0.15, 0.2) is 0 Å². The van der Waals surface area contributed by atoms with Crippen LogP contribution in [0.2, 0.25) is 0 Å². The molecule has 3 nitrogen and oxygen atoms in total. The van der Waals surface area contributed by atoms with Gasteiger partial charge in [0.05, 0.1) is 9.85 Å². The molecule has 0 aliphatic carbocycles. The fraction of sp³-hybridized carbons (Fsp3) is 0.0625. The second-order valence-corrected chi connectivity index (χ2v) is 3.80. The first-order valence-corrected chi connectivity index (χ1v) is 5.80. The van der Waals surface area contributed by atoms with Gasteiger partial charge in [0, 0.05) is 11.7 Å². The molecule has 0 aliphatic heterocycles. The molecular weight excluding hydrogens is 238 g/mol. The lowest BCUT2D eigenvalue weighted by molar-refractivity contribution is -0.111. The van der Waals surface area contributed by atoms with E-state index in [1.165, 1.54) is 0 Å². The molecule has 0 unspecified atom stereocenters. The Morgan fingerprint density at radius 3 is 2.47 bits per heavy atom. The molecule has 0 saturated carbocycles. The highest BCUT2D eigenvalue weighted by molar-refractivity contribution is 6.01. The molecule has 0 aromatic heterocycles. The summed E-state index contributed by atoms with van der Waals surface area (Å²) in [5.41, 5.74) is 1.08. The molecule has 0 radical (unpaired) electrons. The van der Waals surface area contributed by atoms with Crippen LogP contribution < -0.4 is 10.1 Å². The monoisotopic (exact) mass is 255 g/mol. The molecule has 2 rings (SSSR count). The molecule has 3 heteroatoms. The largest absolute Gasteiger partial charge is 0.497 e. The van der Waals surface area contributed by atoms with Gasteiger partial charge in [0.25, 0.3) is 0 Å². The zero-order valence-corrected chi connectivity index (χ0v) is 10.5. The van der Waals surface area contributed by atoms with E-state index in [2.05, 4.69) is 5.32 Å². The van der Waals surface area contributed by atoms with Crippen LogP contribution in [0.3, 0.4) is 0 Å². The molecule has 0 heterocycles. The van der Waals surface area contributed by atoms with Crippen LogP contribution in [0.25, 0.3) is 6.05 Å². The summed E-state index contributed by atoms with van der Waals surface area (Å²) in [6.45, 7) is 0. The Bertz CT molecular complexity index is 652. The van der Waals surface area contributed by atoms with Crippen LogP contribution in [0, 0.1) is 0 Å². The summed E-state index contributed by atoms with van der Waals surface area (Å²) in [6.07, 6.45) is 0. The average molecular weight is 255 g/mol. The SMILES string of the molecule is [2H]/C(C(=O)Nc1ccc(OC)cc1)=C(/[2H])c1ccccc1. The van der Waals surface area contributed by atoms with E-state index < -0.39 is 5.91 Å². The molecule has 0 saturated heterocycles. The third-order valence-corrected chi connectivity index (χ3v) is 2.44. The Morgan fingerprint density at radius 2 is 1.84 bits per heavy atom. The number of amides is 1. The molecule has 2 aromatic carbocycles. The van der Waals surface area contributed by atoms with Crippen LogP contribution >= 0.6 is 0 Å². The first-order chi connectivity index (χ1) is 10.1. The highest BCUT2D eigenvalue weighted by atomic mass is 16.5. The van der Waals surface area contributed by atoms with E-state index in [0.717, 1.165) is 0 Å². The second kappa shape index (κ2) is 6.40. The highest BCUT2D eigenvalue weighted by Crippen LogP contribution is 2.15. The van der Waals surface area contributed by atoms with Crippen molar-refractivity contribution >= 4 is 17.6 Å². The minimum atomic E-state index is -0.617. The molecule has 0 fully saturated rings. The van der Waals surface area contributed by atoms with Gasteiger partial charge in [0.1, 0.15) is 5.75 Å². The van der Waals surface area contributed by atoms with Crippen molar-refractivity contribution in [1.29, 1.82) is 0 Å². The van der Waals surface area contributed by atoms with Gasteiger partial charge in [-0.25, -0.2) is 0 Å². The third-order valence-electron chi connectivity index (χ3n) is 2.44. The lowest BCUT2D eigenvalue weighted by Gasteiger charge is -2.03. The van der Waals surface area contributed by atoms with Crippen molar-refractivity contribution < 1.29 is 12.3 Å². The minimum absolute atomic E-state index is 0.110. The van der Waals surface area contributed by atoms with Crippen molar-refractivity contribution in [3.05, 3.63) is 66.2 Å². The Labute approximate surface area is 115 Å². The predicted molar refractivity (Wildman–Crippen MR) is 77.1 cm³/mol. The van der Waals surface area contributed by atoms with Crippen LogP contribution in [0.4, 0.5) is 5.69 Å². The Kier molecular flexibility index (Phi) is 3.50. The molecule has 0 spiro atoms. The van der Waals surface area contributed by atoms with Crippen molar-refractivity contribution in [2.75, 3.05) is 12.4 Å². The number of nitrogens with one attached hydrogen (secondary N) is 1. The van der Waals surface area contributed by atoms with Crippen LogP contribution in [0.15, 0.2) is 60.6 Å². The maximum atomic E-state index is 12.0. The molecule has 1 N–H and O–H groups in total. The molecule has 0 bridgehead atoms. The summed E-state index contributed by atoms with van der Waals surface area (Å²) >= 11 is 0. The van der Waals surface area contributed by atoms with Gasteiger partial charge in [-0.1, -0.05) is 30.3 Å². The van der Waals surface area contributed by atoms with Crippen LogP contribution in [-0.2, 0) is 4.79 Å². The summed E-state index contributed by atoms with van der Waals surface area (Å²) in [5.74, 6) is 0.0640. The van der Waals surface area contributed by atoms with Crippen LogP contribution in [-0.4, -0.2) is 13.0 Å². The van der Waals surface area contributed by atoms with Gasteiger partial charge in [-0.05, 0) is 35.9 Å². The Morgan fingerprint density at radius 1 is 1.16 bits per heavy atom. The number of ether oxygens (including phenoxy) is 1. The average Bonchev–Trinajstić information content (AvgIpc) is 2.55. The molecule has 0 atom stereocenters. The zero-order chi connectivity index (χ0) is 15.2. The van der Waals surface area contributed by atoms with Gasteiger partial charge in [-0.15, -0.1) is 0 Å². The van der Waals surface area contributed by atoms with Crippen molar-refractivity contribution in [2.45, 2.75) is 0 Å². The Balaban J connectivity index is 2.15. The van der Waals surface area contributed by atoms with E-state index in [4.69, 9.17) is 7.48 Å².